The van der Waals surface area contributed by atoms with Crippen molar-refractivity contribution in [2.45, 2.75) is 27.7 Å². The van der Waals surface area contributed by atoms with Gasteiger partial charge >= 0.3 is 0 Å². The number of aromatic amines is 2. The summed E-state index contributed by atoms with van der Waals surface area (Å²) in [7, 11) is 0. The minimum absolute atomic E-state index is 0. The van der Waals surface area contributed by atoms with Gasteiger partial charge in [0.1, 0.15) is 0 Å². The van der Waals surface area contributed by atoms with Crippen molar-refractivity contribution in [2.24, 2.45) is 0 Å². The third-order valence-corrected chi connectivity index (χ3v) is 10.3. The number of aromatic nitrogens is 4. The zero-order valence-electron chi connectivity index (χ0n) is 30.5. The van der Waals surface area contributed by atoms with Crippen molar-refractivity contribution in [1.29, 1.82) is 0 Å². The summed E-state index contributed by atoms with van der Waals surface area (Å²) in [6.45, 7) is 8.79. The fraction of sp³-hybridized carbons (Fsp3) is 0.0833. The Labute approximate surface area is 322 Å². The van der Waals surface area contributed by atoms with Gasteiger partial charge in [-0.15, -0.1) is 0 Å². The van der Waals surface area contributed by atoms with Gasteiger partial charge in [0.05, 0.1) is 28.3 Å². The second-order valence-electron chi connectivity index (χ2n) is 13.8. The number of nitrogens with one attached hydrogen (secondary N) is 2. The van der Waals surface area contributed by atoms with Crippen LogP contribution in [0.25, 0.3) is 79.2 Å². The molecule has 7 aromatic rings. The van der Waals surface area contributed by atoms with Crippen molar-refractivity contribution >= 4 is 45.9 Å². The molecule has 4 aromatic carbocycles. The largest absolute Gasteiger partial charge is 0.355 e. The monoisotopic (exact) mass is 734 g/mol. The first kappa shape index (κ1) is 34.2. The summed E-state index contributed by atoms with van der Waals surface area (Å²) in [5, 5.41) is 0. The Morgan fingerprint density at radius 2 is 0.906 bits per heavy atom. The number of benzene rings is 4. The Balaban J connectivity index is 0.00000400. The molecule has 0 spiro atoms. The van der Waals surface area contributed by atoms with E-state index in [1.807, 2.05) is 0 Å². The molecule has 0 amide bonds. The molecule has 2 N–H and O–H groups in total. The van der Waals surface area contributed by atoms with Crippen LogP contribution in [0.4, 0.5) is 0 Å². The van der Waals surface area contributed by atoms with Crippen LogP contribution in [-0.2, 0) is 19.5 Å². The van der Waals surface area contributed by atoms with Crippen LogP contribution in [0.15, 0.2) is 127 Å². The average molecular weight is 736 g/mol. The van der Waals surface area contributed by atoms with Crippen LogP contribution < -0.4 is 0 Å². The van der Waals surface area contributed by atoms with Gasteiger partial charge in [-0.3, -0.25) is 0 Å². The van der Waals surface area contributed by atoms with Crippen LogP contribution in [0.3, 0.4) is 0 Å². The molecular weight excluding hydrogens is 698 g/mol. The van der Waals surface area contributed by atoms with Crippen molar-refractivity contribution in [3.05, 3.63) is 178 Å². The number of H-pyrrole nitrogens is 2. The Morgan fingerprint density at radius 1 is 0.434 bits per heavy atom. The zero-order valence-corrected chi connectivity index (χ0v) is 33.4. The first-order valence-electron chi connectivity index (χ1n) is 17.8. The molecule has 0 aliphatic carbocycles. The van der Waals surface area contributed by atoms with E-state index >= 15 is 0 Å². The van der Waals surface area contributed by atoms with Crippen LogP contribution in [-0.4, -0.2) is 19.9 Å². The van der Waals surface area contributed by atoms with Gasteiger partial charge in [0.2, 0.25) is 0 Å². The summed E-state index contributed by atoms with van der Waals surface area (Å²) in [6.07, 6.45) is 6.43. The summed E-state index contributed by atoms with van der Waals surface area (Å²) in [6, 6.07) is 45.4. The summed E-state index contributed by atoms with van der Waals surface area (Å²) in [5.74, 6) is 0. The predicted molar refractivity (Wildman–Crippen MR) is 219 cm³/mol. The molecule has 252 valence electrons. The number of rotatable bonds is 4. The first-order chi connectivity index (χ1) is 25.4. The molecule has 53 heavy (non-hydrogen) atoms. The van der Waals surface area contributed by atoms with Gasteiger partial charge in [-0.1, -0.05) is 97.1 Å². The number of hydrogen-bond donors (Lipinski definition) is 2. The maximum Gasteiger partial charge on any atom is 0.0815 e. The zero-order chi connectivity index (χ0) is 35.3. The SMILES string of the molecule is Cc1ccccc1C1=Cc2cc3ccc(cc4nc(cc5[nH]c(c(-c6ccccc6C)c1n2)c(-c1ccccc1C)c5-c1ccccc1C)C=C4)[nH]3.[Zn]. The number of hydrogen-bond acceptors (Lipinski definition) is 2. The summed E-state index contributed by atoms with van der Waals surface area (Å²) >= 11 is 0. The topological polar surface area (TPSA) is 57.4 Å². The van der Waals surface area contributed by atoms with Crippen LogP contribution in [0.2, 0.25) is 0 Å². The summed E-state index contributed by atoms with van der Waals surface area (Å²) in [4.78, 5) is 18.2. The Kier molecular flexibility index (Phi) is 8.98. The van der Waals surface area contributed by atoms with Crippen LogP contribution in [0.5, 0.6) is 0 Å². The average Bonchev–Trinajstić information content (AvgIpc) is 3.95. The Hall–Kier alpha value is -5.90. The second-order valence-corrected chi connectivity index (χ2v) is 13.8. The van der Waals surface area contributed by atoms with Gasteiger partial charge in [-0.25, -0.2) is 9.97 Å². The van der Waals surface area contributed by atoms with Gasteiger partial charge in [0.15, 0.2) is 0 Å². The minimum atomic E-state index is 0. The third-order valence-electron chi connectivity index (χ3n) is 10.3. The van der Waals surface area contributed by atoms with E-state index in [1.165, 1.54) is 33.4 Å². The van der Waals surface area contributed by atoms with Crippen molar-refractivity contribution in [2.75, 3.05) is 0 Å². The first-order valence-corrected chi connectivity index (χ1v) is 17.8. The molecule has 5 heteroatoms. The maximum absolute atomic E-state index is 5.55. The quantitative estimate of drug-likeness (QED) is 0.177. The van der Waals surface area contributed by atoms with Crippen LogP contribution in [0.1, 0.15) is 50.6 Å². The maximum atomic E-state index is 5.55. The van der Waals surface area contributed by atoms with Crippen LogP contribution in [0, 0.1) is 27.7 Å². The van der Waals surface area contributed by atoms with E-state index in [4.69, 9.17) is 9.97 Å². The second kappa shape index (κ2) is 13.9. The van der Waals surface area contributed by atoms with Crippen molar-refractivity contribution in [3.8, 4) is 33.4 Å². The molecule has 5 heterocycles. The standard InChI is InChI=1S/C48H38N4.Zn/c1-29-13-5-9-17-38(29)42-27-37-26-35-22-21-33(49-35)25-34-23-24-36(50-34)28-43-44(39-18-10-6-14-30(39)2)45(40-19-11-7-15-31(40)3)48(52-43)46(47(42)51-37)41-20-12-8-16-32(41)4;/h5-28,49,52H,1-4H3;. The molecule has 0 saturated heterocycles. The number of nitrogens with zero attached hydrogens (tertiary/aromatic N) is 2. The molecule has 4 nitrogen and oxygen atoms in total. The molecule has 0 fully saturated rings. The molecular formula is C48H38N4Zn. The summed E-state index contributed by atoms with van der Waals surface area (Å²) < 4.78 is 0. The van der Waals surface area contributed by atoms with Gasteiger partial charge in [0.25, 0.3) is 0 Å². The van der Waals surface area contributed by atoms with Crippen molar-refractivity contribution in [1.82, 2.24) is 19.9 Å². The Bertz CT molecular complexity index is 2800. The number of fused-ring (bicyclic) bond motifs is 8. The van der Waals surface area contributed by atoms with Gasteiger partial charge in [-0.05, 0) is 121 Å². The summed E-state index contributed by atoms with van der Waals surface area (Å²) in [5.41, 5.74) is 21.5. The fourth-order valence-corrected chi connectivity index (χ4v) is 7.71. The molecule has 9 rings (SSSR count). The minimum Gasteiger partial charge on any atom is -0.355 e. The molecule has 8 bridgehead atoms. The van der Waals surface area contributed by atoms with E-state index < -0.39 is 0 Å². The molecule has 0 radical (unpaired) electrons. The third kappa shape index (κ3) is 6.22. The number of aryl methyl sites for hydroxylation is 4. The van der Waals surface area contributed by atoms with E-state index in [-0.39, 0.29) is 19.5 Å². The van der Waals surface area contributed by atoms with Crippen molar-refractivity contribution < 1.29 is 19.5 Å². The predicted octanol–water partition coefficient (Wildman–Crippen LogP) is 12.3. The van der Waals surface area contributed by atoms with E-state index in [0.717, 1.165) is 78.2 Å². The normalized spacial score (nSPS) is 12.0. The Morgan fingerprint density at radius 3 is 1.47 bits per heavy atom. The van der Waals surface area contributed by atoms with Gasteiger partial charge < -0.3 is 9.97 Å². The van der Waals surface area contributed by atoms with Gasteiger partial charge in [0, 0.05) is 58.3 Å². The smallest absolute Gasteiger partial charge is 0.0815 e. The van der Waals surface area contributed by atoms with Crippen molar-refractivity contribution in [3.63, 3.8) is 0 Å². The molecule has 2 aliphatic heterocycles. The van der Waals surface area contributed by atoms with E-state index in [2.05, 4.69) is 183 Å². The van der Waals surface area contributed by atoms with E-state index in [1.54, 1.807) is 0 Å². The molecule has 3 aromatic heterocycles. The van der Waals surface area contributed by atoms with Gasteiger partial charge in [-0.2, -0.15) is 0 Å². The molecule has 0 saturated carbocycles. The van der Waals surface area contributed by atoms with Crippen LogP contribution >= 0.6 is 0 Å². The molecule has 0 atom stereocenters. The fourth-order valence-electron chi connectivity index (χ4n) is 7.71. The molecule has 2 aliphatic rings. The molecule has 0 unspecified atom stereocenters. The van der Waals surface area contributed by atoms with E-state index in [0.29, 0.717) is 0 Å². The van der Waals surface area contributed by atoms with E-state index in [9.17, 15) is 0 Å².